The minimum atomic E-state index is 0.412. The van der Waals surface area contributed by atoms with Gasteiger partial charge in [-0.25, -0.2) is 4.98 Å². The molecule has 3 N–H and O–H groups in total. The van der Waals surface area contributed by atoms with Crippen molar-refractivity contribution in [3.05, 3.63) is 59.4 Å². The van der Waals surface area contributed by atoms with E-state index in [1.807, 2.05) is 18.2 Å². The van der Waals surface area contributed by atoms with E-state index in [4.69, 9.17) is 5.73 Å². The minimum absolute atomic E-state index is 0.412. The first-order valence-electron chi connectivity index (χ1n) is 6.14. The van der Waals surface area contributed by atoms with Gasteiger partial charge in [-0.05, 0) is 35.7 Å². The maximum atomic E-state index is 5.78. The van der Waals surface area contributed by atoms with Crippen LogP contribution in [-0.4, -0.2) is 9.97 Å². The second kappa shape index (κ2) is 3.35. The number of rotatable bonds is 1. The first-order valence-corrected chi connectivity index (χ1v) is 6.14. The molecule has 0 fully saturated rings. The Morgan fingerprint density at radius 2 is 2.06 bits per heavy atom. The van der Waals surface area contributed by atoms with E-state index in [0.29, 0.717) is 5.92 Å². The molecule has 3 aromatic rings. The van der Waals surface area contributed by atoms with Gasteiger partial charge in [0.1, 0.15) is 5.82 Å². The Bertz CT molecular complexity index is 742. The lowest BCUT2D eigenvalue weighted by molar-refractivity contribution is 0.671. The number of nitrogens with one attached hydrogen (secondary N) is 1. The van der Waals surface area contributed by atoms with Crippen LogP contribution in [0.2, 0.25) is 0 Å². The summed E-state index contributed by atoms with van der Waals surface area (Å²) in [5.41, 5.74) is 11.4. The summed E-state index contributed by atoms with van der Waals surface area (Å²) in [5.74, 6) is 1.46. The van der Waals surface area contributed by atoms with Crippen molar-refractivity contribution in [3.8, 4) is 0 Å². The predicted octanol–water partition coefficient (Wildman–Crippen LogP) is 2.83. The number of H-pyrrole nitrogens is 1. The predicted molar refractivity (Wildman–Crippen MR) is 72.5 cm³/mol. The average molecular weight is 235 g/mol. The molecule has 2 aromatic carbocycles. The number of aromatic amines is 1. The van der Waals surface area contributed by atoms with E-state index in [1.54, 1.807) is 0 Å². The van der Waals surface area contributed by atoms with E-state index in [2.05, 4.69) is 34.2 Å². The van der Waals surface area contributed by atoms with Crippen LogP contribution in [0.15, 0.2) is 42.5 Å². The molecule has 0 amide bonds. The lowest BCUT2D eigenvalue weighted by Crippen LogP contribution is -2.18. The van der Waals surface area contributed by atoms with E-state index in [1.165, 1.54) is 11.1 Å². The summed E-state index contributed by atoms with van der Waals surface area (Å²) in [5, 5.41) is 0. The highest BCUT2D eigenvalue weighted by Crippen LogP contribution is 2.39. The van der Waals surface area contributed by atoms with Crippen molar-refractivity contribution in [2.45, 2.75) is 12.3 Å². The molecule has 0 saturated heterocycles. The van der Waals surface area contributed by atoms with Crippen molar-refractivity contribution >= 4 is 16.7 Å². The van der Waals surface area contributed by atoms with Gasteiger partial charge in [-0.1, -0.05) is 24.3 Å². The number of hydrogen-bond donors (Lipinski definition) is 2. The van der Waals surface area contributed by atoms with E-state index in [9.17, 15) is 0 Å². The standard InChI is InChI=1S/C15H13N3/c16-10-5-6-13-14(8-10)18-15(17-13)12-7-9-3-1-2-4-11(9)12/h1-6,8,12H,7,16H2,(H,17,18). The minimum Gasteiger partial charge on any atom is -0.399 e. The molecular formula is C15H13N3. The summed E-state index contributed by atoms with van der Waals surface area (Å²) in [4.78, 5) is 8.05. The molecule has 3 heteroatoms. The van der Waals surface area contributed by atoms with E-state index >= 15 is 0 Å². The third-order valence-corrected chi connectivity index (χ3v) is 3.71. The fraction of sp³-hybridized carbons (Fsp3) is 0.133. The number of aromatic nitrogens is 2. The van der Waals surface area contributed by atoms with Crippen LogP contribution in [0.4, 0.5) is 5.69 Å². The summed E-state index contributed by atoms with van der Waals surface area (Å²) in [7, 11) is 0. The quantitative estimate of drug-likeness (QED) is 0.637. The molecule has 1 heterocycles. The summed E-state index contributed by atoms with van der Waals surface area (Å²) < 4.78 is 0. The molecule has 88 valence electrons. The third kappa shape index (κ3) is 1.27. The van der Waals surface area contributed by atoms with Crippen LogP contribution in [-0.2, 0) is 6.42 Å². The highest BCUT2D eigenvalue weighted by Gasteiger charge is 2.29. The van der Waals surface area contributed by atoms with Crippen LogP contribution >= 0.6 is 0 Å². The van der Waals surface area contributed by atoms with Gasteiger partial charge in [0.2, 0.25) is 0 Å². The number of benzene rings is 2. The van der Waals surface area contributed by atoms with Crippen molar-refractivity contribution in [1.29, 1.82) is 0 Å². The fourth-order valence-electron chi connectivity index (χ4n) is 2.71. The first kappa shape index (κ1) is 9.71. The number of nitrogens with zero attached hydrogens (tertiary/aromatic N) is 1. The van der Waals surface area contributed by atoms with E-state index in [0.717, 1.165) is 29.0 Å². The van der Waals surface area contributed by atoms with Crippen molar-refractivity contribution in [2.24, 2.45) is 0 Å². The number of anilines is 1. The highest BCUT2D eigenvalue weighted by molar-refractivity contribution is 5.79. The molecule has 1 aliphatic carbocycles. The maximum Gasteiger partial charge on any atom is 0.115 e. The molecule has 1 aromatic heterocycles. The van der Waals surface area contributed by atoms with Crippen LogP contribution in [0.5, 0.6) is 0 Å². The monoisotopic (exact) mass is 235 g/mol. The Balaban J connectivity index is 1.81. The van der Waals surface area contributed by atoms with Crippen molar-refractivity contribution in [1.82, 2.24) is 9.97 Å². The van der Waals surface area contributed by atoms with Crippen LogP contribution in [0.25, 0.3) is 11.0 Å². The zero-order valence-corrected chi connectivity index (χ0v) is 9.85. The molecule has 1 unspecified atom stereocenters. The zero-order chi connectivity index (χ0) is 12.1. The zero-order valence-electron chi connectivity index (χ0n) is 9.85. The largest absolute Gasteiger partial charge is 0.399 e. The molecule has 4 rings (SSSR count). The van der Waals surface area contributed by atoms with Gasteiger partial charge >= 0.3 is 0 Å². The Hall–Kier alpha value is -2.29. The van der Waals surface area contributed by atoms with E-state index in [-0.39, 0.29) is 0 Å². The highest BCUT2D eigenvalue weighted by atomic mass is 14.9. The van der Waals surface area contributed by atoms with Gasteiger partial charge in [0.15, 0.2) is 0 Å². The molecule has 18 heavy (non-hydrogen) atoms. The Kier molecular flexibility index (Phi) is 1.81. The van der Waals surface area contributed by atoms with Crippen LogP contribution in [0.3, 0.4) is 0 Å². The SMILES string of the molecule is Nc1ccc2nc(C3Cc4ccccc43)[nH]c2c1. The van der Waals surface area contributed by atoms with Crippen LogP contribution in [0.1, 0.15) is 22.9 Å². The smallest absolute Gasteiger partial charge is 0.115 e. The summed E-state index contributed by atoms with van der Waals surface area (Å²) >= 11 is 0. The normalized spacial score (nSPS) is 17.4. The van der Waals surface area contributed by atoms with Gasteiger partial charge in [-0.15, -0.1) is 0 Å². The summed E-state index contributed by atoms with van der Waals surface area (Å²) in [6, 6.07) is 14.4. The maximum absolute atomic E-state index is 5.78. The number of nitrogen functional groups attached to an aromatic ring is 1. The van der Waals surface area contributed by atoms with Crippen LogP contribution in [0, 0.1) is 0 Å². The lowest BCUT2D eigenvalue weighted by Gasteiger charge is -2.28. The van der Waals surface area contributed by atoms with Gasteiger partial charge in [0.05, 0.1) is 11.0 Å². The second-order valence-corrected chi connectivity index (χ2v) is 4.85. The van der Waals surface area contributed by atoms with Crippen molar-refractivity contribution < 1.29 is 0 Å². The molecule has 0 aliphatic heterocycles. The molecule has 0 radical (unpaired) electrons. The molecule has 3 nitrogen and oxygen atoms in total. The van der Waals surface area contributed by atoms with Crippen molar-refractivity contribution in [3.63, 3.8) is 0 Å². The molecular weight excluding hydrogens is 222 g/mol. The first-order chi connectivity index (χ1) is 8.81. The molecule has 0 bridgehead atoms. The van der Waals surface area contributed by atoms with Gasteiger partial charge in [-0.2, -0.15) is 0 Å². The molecule has 1 aliphatic rings. The summed E-state index contributed by atoms with van der Waals surface area (Å²) in [6.07, 6.45) is 1.07. The number of hydrogen-bond acceptors (Lipinski definition) is 2. The van der Waals surface area contributed by atoms with Crippen LogP contribution < -0.4 is 5.73 Å². The van der Waals surface area contributed by atoms with Gasteiger partial charge in [-0.3, -0.25) is 0 Å². The molecule has 1 atom stereocenters. The van der Waals surface area contributed by atoms with Gasteiger partial charge < -0.3 is 10.7 Å². The van der Waals surface area contributed by atoms with Gasteiger partial charge in [0, 0.05) is 11.6 Å². The number of fused-ring (bicyclic) bond motifs is 2. The fourth-order valence-corrected chi connectivity index (χ4v) is 2.71. The lowest BCUT2D eigenvalue weighted by atomic mass is 9.77. The molecule has 0 spiro atoms. The third-order valence-electron chi connectivity index (χ3n) is 3.71. The van der Waals surface area contributed by atoms with Crippen molar-refractivity contribution in [2.75, 3.05) is 5.73 Å². The Morgan fingerprint density at radius 1 is 1.17 bits per heavy atom. The van der Waals surface area contributed by atoms with Gasteiger partial charge in [0.25, 0.3) is 0 Å². The summed E-state index contributed by atoms with van der Waals surface area (Å²) in [6.45, 7) is 0. The Labute approximate surface area is 105 Å². The van der Waals surface area contributed by atoms with E-state index < -0.39 is 0 Å². The topological polar surface area (TPSA) is 54.7 Å². The Morgan fingerprint density at radius 3 is 2.94 bits per heavy atom. The second-order valence-electron chi connectivity index (χ2n) is 4.85. The average Bonchev–Trinajstić information content (AvgIpc) is 2.73. The molecule has 0 saturated carbocycles. The number of nitrogens with two attached hydrogens (primary N) is 1. The number of imidazole rings is 1.